The Labute approximate surface area is 164 Å². The summed E-state index contributed by atoms with van der Waals surface area (Å²) >= 11 is 1.25. The highest BCUT2D eigenvalue weighted by Crippen LogP contribution is 2.44. The minimum atomic E-state index is -4.63. The SMILES string of the molecule is CCCOc1cc(O)c(-c2n[nH]c(C(F)(F)F)c2-c2csc(C)n2)cc1CC. The van der Waals surface area contributed by atoms with Crippen molar-refractivity contribution in [2.24, 2.45) is 0 Å². The maximum atomic E-state index is 13.5. The van der Waals surface area contributed by atoms with Gasteiger partial charge in [-0.05, 0) is 31.4 Å². The molecule has 0 aliphatic rings. The third-order valence-electron chi connectivity index (χ3n) is 4.20. The number of H-pyrrole nitrogens is 1. The molecule has 3 rings (SSSR count). The van der Waals surface area contributed by atoms with E-state index in [4.69, 9.17) is 4.74 Å². The number of ether oxygens (including phenoxy) is 1. The van der Waals surface area contributed by atoms with Crippen molar-refractivity contribution in [3.05, 3.63) is 33.8 Å². The number of halogens is 3. The fraction of sp³-hybridized carbons (Fsp3) is 0.368. The molecule has 150 valence electrons. The summed E-state index contributed by atoms with van der Waals surface area (Å²) in [5, 5.41) is 18.7. The van der Waals surface area contributed by atoms with E-state index in [1.165, 1.54) is 17.4 Å². The Kier molecular flexibility index (Phi) is 5.64. The zero-order chi connectivity index (χ0) is 20.5. The Hall–Kier alpha value is -2.55. The number of thiazole rings is 1. The third-order valence-corrected chi connectivity index (χ3v) is 4.97. The molecular weight excluding hydrogens is 391 g/mol. The van der Waals surface area contributed by atoms with Crippen LogP contribution in [0, 0.1) is 6.92 Å². The third kappa shape index (κ3) is 3.84. The van der Waals surface area contributed by atoms with Crippen molar-refractivity contribution >= 4 is 11.3 Å². The highest BCUT2D eigenvalue weighted by atomic mass is 32.1. The van der Waals surface area contributed by atoms with Crippen LogP contribution in [-0.4, -0.2) is 26.9 Å². The Morgan fingerprint density at radius 1 is 1.25 bits per heavy atom. The zero-order valence-corrected chi connectivity index (χ0v) is 16.5. The smallest absolute Gasteiger partial charge is 0.433 e. The van der Waals surface area contributed by atoms with Crippen molar-refractivity contribution in [1.29, 1.82) is 0 Å². The molecule has 5 nitrogen and oxygen atoms in total. The summed E-state index contributed by atoms with van der Waals surface area (Å²) in [6.45, 7) is 6.07. The predicted octanol–water partition coefficient (Wildman–Crippen LogP) is 5.58. The van der Waals surface area contributed by atoms with Gasteiger partial charge in [-0.25, -0.2) is 4.98 Å². The van der Waals surface area contributed by atoms with Gasteiger partial charge in [-0.2, -0.15) is 18.3 Å². The van der Waals surface area contributed by atoms with Gasteiger partial charge in [-0.3, -0.25) is 5.10 Å². The fourth-order valence-electron chi connectivity index (χ4n) is 2.90. The van der Waals surface area contributed by atoms with Gasteiger partial charge in [0.1, 0.15) is 22.9 Å². The van der Waals surface area contributed by atoms with Gasteiger partial charge in [-0.15, -0.1) is 11.3 Å². The lowest BCUT2D eigenvalue weighted by atomic mass is 9.99. The maximum absolute atomic E-state index is 13.5. The van der Waals surface area contributed by atoms with Crippen LogP contribution in [-0.2, 0) is 12.6 Å². The largest absolute Gasteiger partial charge is 0.507 e. The number of aromatic amines is 1. The van der Waals surface area contributed by atoms with Crippen LogP contribution in [0.25, 0.3) is 22.5 Å². The van der Waals surface area contributed by atoms with Crippen molar-refractivity contribution in [3.63, 3.8) is 0 Å². The van der Waals surface area contributed by atoms with Crippen LogP contribution < -0.4 is 4.74 Å². The number of hydrogen-bond donors (Lipinski definition) is 2. The highest BCUT2D eigenvalue weighted by Gasteiger charge is 2.39. The summed E-state index contributed by atoms with van der Waals surface area (Å²) in [6, 6.07) is 3.06. The van der Waals surface area contributed by atoms with E-state index in [1.807, 2.05) is 13.8 Å². The van der Waals surface area contributed by atoms with Gasteiger partial charge in [-0.1, -0.05) is 13.8 Å². The van der Waals surface area contributed by atoms with Gasteiger partial charge in [0.25, 0.3) is 0 Å². The second-order valence-corrected chi connectivity index (χ2v) is 7.31. The molecule has 2 aromatic heterocycles. The van der Waals surface area contributed by atoms with E-state index in [9.17, 15) is 18.3 Å². The van der Waals surface area contributed by atoms with Gasteiger partial charge in [0.2, 0.25) is 0 Å². The molecule has 0 spiro atoms. The molecule has 0 saturated heterocycles. The molecule has 0 radical (unpaired) electrons. The molecule has 9 heteroatoms. The average Bonchev–Trinajstić information content (AvgIpc) is 3.25. The Morgan fingerprint density at radius 2 is 2.00 bits per heavy atom. The quantitative estimate of drug-likeness (QED) is 0.555. The van der Waals surface area contributed by atoms with Gasteiger partial charge >= 0.3 is 6.18 Å². The van der Waals surface area contributed by atoms with Crippen molar-refractivity contribution in [1.82, 2.24) is 15.2 Å². The van der Waals surface area contributed by atoms with Crippen LogP contribution in [0.5, 0.6) is 11.5 Å². The molecule has 3 aromatic rings. The van der Waals surface area contributed by atoms with Crippen molar-refractivity contribution in [2.75, 3.05) is 6.61 Å². The lowest BCUT2D eigenvalue weighted by Crippen LogP contribution is -2.07. The summed E-state index contributed by atoms with van der Waals surface area (Å²) in [7, 11) is 0. The number of aryl methyl sites for hydroxylation is 2. The summed E-state index contributed by atoms with van der Waals surface area (Å²) < 4.78 is 46.3. The summed E-state index contributed by atoms with van der Waals surface area (Å²) in [6.07, 6.45) is -3.24. The molecular formula is C19H20F3N3O2S. The first kappa shape index (κ1) is 20.2. The van der Waals surface area contributed by atoms with E-state index in [1.54, 1.807) is 18.4 Å². The number of nitrogens with one attached hydrogen (secondary N) is 1. The number of aromatic hydroxyl groups is 1. The number of alkyl halides is 3. The normalized spacial score (nSPS) is 11.8. The topological polar surface area (TPSA) is 71.0 Å². The van der Waals surface area contributed by atoms with E-state index in [-0.39, 0.29) is 28.3 Å². The first-order valence-electron chi connectivity index (χ1n) is 8.83. The van der Waals surface area contributed by atoms with Crippen LogP contribution in [0.1, 0.15) is 36.5 Å². The lowest BCUT2D eigenvalue weighted by Gasteiger charge is -2.13. The predicted molar refractivity (Wildman–Crippen MR) is 102 cm³/mol. The summed E-state index contributed by atoms with van der Waals surface area (Å²) in [5.74, 6) is 0.319. The maximum Gasteiger partial charge on any atom is 0.433 e. The number of phenolic OH excluding ortho intramolecular Hbond substituents is 1. The monoisotopic (exact) mass is 411 g/mol. The van der Waals surface area contributed by atoms with Crippen LogP contribution in [0.2, 0.25) is 0 Å². The van der Waals surface area contributed by atoms with E-state index in [0.29, 0.717) is 23.8 Å². The minimum absolute atomic E-state index is 0.00636. The molecule has 0 aliphatic heterocycles. The molecule has 1 aromatic carbocycles. The molecule has 0 amide bonds. The first-order chi connectivity index (χ1) is 13.3. The Balaban J connectivity index is 2.20. The number of rotatable bonds is 6. The fourth-order valence-corrected chi connectivity index (χ4v) is 3.50. The van der Waals surface area contributed by atoms with Crippen LogP contribution in [0.4, 0.5) is 13.2 Å². The molecule has 0 saturated carbocycles. The molecule has 0 bridgehead atoms. The number of nitrogens with zero attached hydrogens (tertiary/aromatic N) is 2. The molecule has 2 N–H and O–H groups in total. The number of aromatic nitrogens is 3. The average molecular weight is 411 g/mol. The second kappa shape index (κ2) is 7.83. The standard InChI is InChI=1S/C19H20F3N3O2S/c1-4-6-27-15-8-14(26)12(7-11(15)5-2)17-16(13-9-28-10(3)23-13)18(25-24-17)19(20,21)22/h7-9,26H,4-6H2,1-3H3,(H,24,25). The molecule has 0 unspecified atom stereocenters. The molecule has 28 heavy (non-hydrogen) atoms. The van der Waals surface area contributed by atoms with Crippen LogP contribution >= 0.6 is 11.3 Å². The molecule has 0 aliphatic carbocycles. The van der Waals surface area contributed by atoms with E-state index in [2.05, 4.69) is 15.2 Å². The van der Waals surface area contributed by atoms with Gasteiger partial charge < -0.3 is 9.84 Å². The second-order valence-electron chi connectivity index (χ2n) is 6.25. The Morgan fingerprint density at radius 3 is 2.57 bits per heavy atom. The van der Waals surface area contributed by atoms with E-state index in [0.717, 1.165) is 12.0 Å². The first-order valence-corrected chi connectivity index (χ1v) is 9.71. The minimum Gasteiger partial charge on any atom is -0.507 e. The summed E-state index contributed by atoms with van der Waals surface area (Å²) in [5.41, 5.74) is -0.00601. The molecule has 2 heterocycles. The highest BCUT2D eigenvalue weighted by molar-refractivity contribution is 7.09. The number of phenols is 1. The zero-order valence-electron chi connectivity index (χ0n) is 15.6. The molecule has 0 fully saturated rings. The van der Waals surface area contributed by atoms with Crippen molar-refractivity contribution in [3.8, 4) is 34.0 Å². The van der Waals surface area contributed by atoms with Gasteiger partial charge in [0, 0.05) is 17.0 Å². The lowest BCUT2D eigenvalue weighted by molar-refractivity contribution is -0.140. The number of benzene rings is 1. The van der Waals surface area contributed by atoms with Crippen molar-refractivity contribution in [2.45, 2.75) is 39.8 Å². The van der Waals surface area contributed by atoms with E-state index < -0.39 is 11.9 Å². The molecule has 0 atom stereocenters. The summed E-state index contributed by atoms with van der Waals surface area (Å²) in [4.78, 5) is 4.20. The van der Waals surface area contributed by atoms with E-state index >= 15 is 0 Å². The number of hydrogen-bond acceptors (Lipinski definition) is 5. The van der Waals surface area contributed by atoms with Gasteiger partial charge in [0.05, 0.1) is 22.9 Å². The van der Waals surface area contributed by atoms with Crippen LogP contribution in [0.15, 0.2) is 17.5 Å². The van der Waals surface area contributed by atoms with Gasteiger partial charge in [0.15, 0.2) is 0 Å². The van der Waals surface area contributed by atoms with Crippen LogP contribution in [0.3, 0.4) is 0 Å². The van der Waals surface area contributed by atoms with Crippen molar-refractivity contribution < 1.29 is 23.0 Å². The Bertz CT molecular complexity index is 979.